The monoisotopic (exact) mass is 308 g/mol. The summed E-state index contributed by atoms with van der Waals surface area (Å²) in [5, 5.41) is 12.1. The Hall–Kier alpha value is -2.24. The molecule has 6 heteroatoms. The van der Waals surface area contributed by atoms with E-state index < -0.39 is 17.6 Å². The van der Waals surface area contributed by atoms with E-state index in [1.807, 2.05) is 6.92 Å². The molecule has 0 saturated carbocycles. The maximum atomic E-state index is 11.8. The third kappa shape index (κ3) is 4.95. The summed E-state index contributed by atoms with van der Waals surface area (Å²) in [7, 11) is 0. The van der Waals surface area contributed by atoms with Crippen LogP contribution in [-0.4, -0.2) is 29.3 Å². The van der Waals surface area contributed by atoms with Crippen molar-refractivity contribution in [1.29, 1.82) is 0 Å². The number of benzene rings is 1. The fourth-order valence-corrected chi connectivity index (χ4v) is 2.06. The number of nitrogen functional groups attached to an aromatic ring is 1. The van der Waals surface area contributed by atoms with Gasteiger partial charge in [-0.05, 0) is 30.5 Å². The second-order valence-electron chi connectivity index (χ2n) is 5.27. The van der Waals surface area contributed by atoms with E-state index in [-0.39, 0.29) is 19.4 Å². The minimum atomic E-state index is -1.39. The minimum absolute atomic E-state index is 0.169. The van der Waals surface area contributed by atoms with E-state index in [9.17, 15) is 14.7 Å². The number of anilines is 1. The highest BCUT2D eigenvalue weighted by atomic mass is 16.5. The third-order valence-electron chi connectivity index (χ3n) is 3.57. The quantitative estimate of drug-likeness (QED) is 0.506. The van der Waals surface area contributed by atoms with Crippen LogP contribution in [0, 0.1) is 0 Å². The van der Waals surface area contributed by atoms with Gasteiger partial charge in [-0.3, -0.25) is 0 Å². The van der Waals surface area contributed by atoms with Crippen molar-refractivity contribution < 1.29 is 19.4 Å². The first kappa shape index (κ1) is 17.8. The molecule has 0 heterocycles. The number of aliphatic carboxylic acids is 1. The van der Waals surface area contributed by atoms with Gasteiger partial charge in [0.1, 0.15) is 5.54 Å². The van der Waals surface area contributed by atoms with E-state index in [4.69, 9.17) is 10.5 Å². The molecule has 0 fully saturated rings. The van der Waals surface area contributed by atoms with E-state index in [2.05, 4.69) is 5.32 Å². The molecule has 0 aliphatic heterocycles. The van der Waals surface area contributed by atoms with Gasteiger partial charge in [0.25, 0.3) is 0 Å². The van der Waals surface area contributed by atoms with Crippen LogP contribution >= 0.6 is 0 Å². The van der Waals surface area contributed by atoms with E-state index in [0.717, 1.165) is 18.4 Å². The van der Waals surface area contributed by atoms with Crippen LogP contribution in [0.3, 0.4) is 0 Å². The molecule has 22 heavy (non-hydrogen) atoms. The number of nitrogens with two attached hydrogens (primary N) is 1. The smallest absolute Gasteiger partial charge is 0.408 e. The fraction of sp³-hybridized carbons (Fsp3) is 0.500. The fourth-order valence-electron chi connectivity index (χ4n) is 2.06. The number of unbranched alkanes of at least 4 members (excludes halogenated alkanes) is 1. The van der Waals surface area contributed by atoms with E-state index in [1.54, 1.807) is 31.2 Å². The Labute approximate surface area is 130 Å². The van der Waals surface area contributed by atoms with Gasteiger partial charge in [-0.25, -0.2) is 9.59 Å². The van der Waals surface area contributed by atoms with Crippen molar-refractivity contribution in [3.05, 3.63) is 29.8 Å². The van der Waals surface area contributed by atoms with Crippen LogP contribution in [0.4, 0.5) is 10.5 Å². The third-order valence-corrected chi connectivity index (χ3v) is 3.57. The van der Waals surface area contributed by atoms with Gasteiger partial charge >= 0.3 is 12.1 Å². The van der Waals surface area contributed by atoms with E-state index >= 15 is 0 Å². The molecule has 1 rings (SSSR count). The summed E-state index contributed by atoms with van der Waals surface area (Å²) in [6.45, 7) is 3.98. The standard InChI is InChI=1S/C16H24N2O4/c1-3-5-10-22-15(21)18-16(4-2,14(19)20)11-12-6-8-13(17)9-7-12/h6-9H,3-5,10-11,17H2,1-2H3,(H,18,21)(H,19,20)/t16-/m1/s1. The van der Waals surface area contributed by atoms with E-state index in [0.29, 0.717) is 5.69 Å². The number of alkyl carbamates (subject to hydrolysis) is 1. The lowest BCUT2D eigenvalue weighted by Gasteiger charge is -2.29. The molecular formula is C16H24N2O4. The lowest BCUT2D eigenvalue weighted by molar-refractivity contribution is -0.144. The predicted octanol–water partition coefficient (Wildman–Crippen LogP) is 2.57. The molecule has 0 bridgehead atoms. The van der Waals surface area contributed by atoms with Crippen molar-refractivity contribution in [1.82, 2.24) is 5.32 Å². The molecular weight excluding hydrogens is 284 g/mol. The molecule has 0 unspecified atom stereocenters. The second-order valence-corrected chi connectivity index (χ2v) is 5.27. The van der Waals surface area contributed by atoms with Gasteiger partial charge in [-0.15, -0.1) is 0 Å². The molecule has 0 aliphatic carbocycles. The number of hydrogen-bond acceptors (Lipinski definition) is 4. The minimum Gasteiger partial charge on any atom is -0.479 e. The molecule has 1 atom stereocenters. The molecule has 0 saturated heterocycles. The summed E-state index contributed by atoms with van der Waals surface area (Å²) in [6.07, 6.45) is 1.36. The van der Waals surface area contributed by atoms with Crippen LogP contribution in [0.2, 0.25) is 0 Å². The van der Waals surface area contributed by atoms with Gasteiger partial charge in [0.2, 0.25) is 0 Å². The molecule has 4 N–H and O–H groups in total. The molecule has 0 aromatic heterocycles. The highest BCUT2D eigenvalue weighted by Crippen LogP contribution is 2.19. The zero-order valence-electron chi connectivity index (χ0n) is 13.1. The first-order valence-electron chi connectivity index (χ1n) is 7.46. The number of rotatable bonds is 8. The van der Waals surface area contributed by atoms with Crippen molar-refractivity contribution in [2.24, 2.45) is 0 Å². The normalized spacial score (nSPS) is 13.2. The highest BCUT2D eigenvalue weighted by Gasteiger charge is 2.39. The van der Waals surface area contributed by atoms with Crippen LogP contribution in [0.1, 0.15) is 38.7 Å². The van der Waals surface area contributed by atoms with E-state index in [1.165, 1.54) is 0 Å². The lowest BCUT2D eigenvalue weighted by Crippen LogP contribution is -2.55. The van der Waals surface area contributed by atoms with Crippen molar-refractivity contribution in [2.45, 2.75) is 45.1 Å². The molecule has 1 amide bonds. The number of ether oxygens (including phenoxy) is 1. The number of hydrogen-bond donors (Lipinski definition) is 3. The summed E-state index contributed by atoms with van der Waals surface area (Å²) >= 11 is 0. The van der Waals surface area contributed by atoms with Gasteiger partial charge in [0.05, 0.1) is 6.61 Å². The average molecular weight is 308 g/mol. The number of carbonyl (C=O) groups excluding carboxylic acids is 1. The van der Waals surface area contributed by atoms with Crippen LogP contribution in [0.25, 0.3) is 0 Å². The maximum absolute atomic E-state index is 11.8. The summed E-state index contributed by atoms with van der Waals surface area (Å²) in [6, 6.07) is 6.92. The molecule has 0 aliphatic rings. The van der Waals surface area contributed by atoms with Crippen molar-refractivity contribution in [2.75, 3.05) is 12.3 Å². The summed E-state index contributed by atoms with van der Waals surface area (Å²) in [5.74, 6) is -1.08. The van der Waals surface area contributed by atoms with Crippen LogP contribution in [0.15, 0.2) is 24.3 Å². The Bertz CT molecular complexity index is 501. The number of carboxylic acids is 1. The average Bonchev–Trinajstić information content (AvgIpc) is 2.48. The largest absolute Gasteiger partial charge is 0.479 e. The van der Waals surface area contributed by atoms with Crippen LogP contribution in [-0.2, 0) is 16.0 Å². The Balaban J connectivity index is 2.83. The molecule has 122 valence electrons. The second kappa shape index (κ2) is 8.26. The Kier molecular flexibility index (Phi) is 6.69. The predicted molar refractivity (Wildman–Crippen MR) is 84.6 cm³/mol. The van der Waals surface area contributed by atoms with Crippen molar-refractivity contribution in [3.63, 3.8) is 0 Å². The molecule has 1 aromatic rings. The Morgan fingerprint density at radius 3 is 2.41 bits per heavy atom. The first-order valence-corrected chi connectivity index (χ1v) is 7.46. The first-order chi connectivity index (χ1) is 10.4. The summed E-state index contributed by atoms with van der Waals surface area (Å²) in [4.78, 5) is 23.5. The molecule has 6 nitrogen and oxygen atoms in total. The number of carboxylic acid groups (broad SMARTS) is 1. The van der Waals surface area contributed by atoms with Crippen molar-refractivity contribution >= 4 is 17.7 Å². The SMILES string of the molecule is CCCCOC(=O)N[C@](CC)(Cc1ccc(N)cc1)C(=O)O. The highest BCUT2D eigenvalue weighted by molar-refractivity contribution is 5.84. The summed E-state index contributed by atoms with van der Waals surface area (Å²) < 4.78 is 5.01. The Morgan fingerprint density at radius 1 is 1.27 bits per heavy atom. The zero-order chi connectivity index (χ0) is 16.6. The topological polar surface area (TPSA) is 102 Å². The molecule has 0 spiro atoms. The molecule has 0 radical (unpaired) electrons. The van der Waals surface area contributed by atoms with Crippen LogP contribution in [0.5, 0.6) is 0 Å². The number of nitrogens with one attached hydrogen (secondary N) is 1. The summed E-state index contributed by atoms with van der Waals surface area (Å²) in [5.41, 5.74) is 5.63. The van der Waals surface area contributed by atoms with Gasteiger partial charge in [0, 0.05) is 12.1 Å². The van der Waals surface area contributed by atoms with Gasteiger partial charge in [-0.1, -0.05) is 32.4 Å². The Morgan fingerprint density at radius 2 is 1.91 bits per heavy atom. The number of amides is 1. The zero-order valence-corrected chi connectivity index (χ0v) is 13.1. The van der Waals surface area contributed by atoms with Crippen molar-refractivity contribution in [3.8, 4) is 0 Å². The molecule has 1 aromatic carbocycles. The van der Waals surface area contributed by atoms with Gasteiger partial charge < -0.3 is 20.9 Å². The maximum Gasteiger partial charge on any atom is 0.408 e. The lowest BCUT2D eigenvalue weighted by atomic mass is 9.88. The van der Waals surface area contributed by atoms with Crippen LogP contribution < -0.4 is 11.1 Å². The van der Waals surface area contributed by atoms with Gasteiger partial charge in [0.15, 0.2) is 0 Å². The number of carbonyl (C=O) groups is 2. The van der Waals surface area contributed by atoms with Gasteiger partial charge in [-0.2, -0.15) is 0 Å².